The van der Waals surface area contributed by atoms with Gasteiger partial charge in [-0.05, 0) is 68.5 Å². The summed E-state index contributed by atoms with van der Waals surface area (Å²) in [7, 11) is 0. The van der Waals surface area contributed by atoms with Crippen molar-refractivity contribution in [1.29, 1.82) is 0 Å². The van der Waals surface area contributed by atoms with Crippen LogP contribution < -0.4 is 21.3 Å². The second-order valence-corrected chi connectivity index (χ2v) is 15.0. The van der Waals surface area contributed by atoms with Crippen molar-refractivity contribution in [2.75, 3.05) is 37.7 Å². The van der Waals surface area contributed by atoms with Gasteiger partial charge in [0.2, 0.25) is 17.7 Å². The molecule has 3 amide bonds. The highest BCUT2D eigenvalue weighted by molar-refractivity contribution is 7.99. The van der Waals surface area contributed by atoms with Gasteiger partial charge in [-0.25, -0.2) is 0 Å². The molecule has 0 saturated heterocycles. The van der Waals surface area contributed by atoms with Crippen LogP contribution in [0, 0.1) is 22.2 Å². The van der Waals surface area contributed by atoms with Crippen molar-refractivity contribution in [3.8, 4) is 0 Å². The number of hydrogen-bond donors (Lipinski definition) is 4. The van der Waals surface area contributed by atoms with E-state index in [1.807, 2.05) is 32.5 Å². The Bertz CT molecular complexity index is 734. The van der Waals surface area contributed by atoms with Crippen LogP contribution in [0.25, 0.3) is 0 Å². The molecule has 0 unspecified atom stereocenters. The van der Waals surface area contributed by atoms with Gasteiger partial charge in [0.1, 0.15) is 0 Å². The monoisotopic (exact) mass is 540 g/mol. The van der Waals surface area contributed by atoms with E-state index in [0.717, 1.165) is 43.7 Å². The first-order valence-corrected chi connectivity index (χ1v) is 15.2. The van der Waals surface area contributed by atoms with E-state index in [4.69, 9.17) is 0 Å². The standard InChI is InChI=1S/C29H56N4O3S/c1-22(25(36)32-17-18-33-27(5,6)7)29(9)13-11-28(8,12-14-29)21-37-19-10-23(34)30-15-16-31-24(35)20-26(2,3)4/h22,33H,10-21H2,1-9H3,(H,30,34)(H,31,35)(H,32,36)/t22-,28?,29?/m1/s1. The molecule has 0 aliphatic heterocycles. The third-order valence-electron chi connectivity index (χ3n) is 7.50. The van der Waals surface area contributed by atoms with Gasteiger partial charge in [0.05, 0.1) is 0 Å². The summed E-state index contributed by atoms with van der Waals surface area (Å²) in [5.74, 6) is 2.07. The maximum absolute atomic E-state index is 12.8. The quantitative estimate of drug-likeness (QED) is 0.243. The molecular weight excluding hydrogens is 484 g/mol. The van der Waals surface area contributed by atoms with Crippen molar-refractivity contribution < 1.29 is 14.4 Å². The maximum atomic E-state index is 12.8. The molecule has 0 radical (unpaired) electrons. The highest BCUT2D eigenvalue weighted by Crippen LogP contribution is 2.50. The predicted octanol–water partition coefficient (Wildman–Crippen LogP) is 4.51. The Morgan fingerprint density at radius 2 is 1.35 bits per heavy atom. The molecule has 0 aromatic rings. The average Bonchev–Trinajstić information content (AvgIpc) is 2.77. The zero-order valence-corrected chi connectivity index (χ0v) is 26.0. The van der Waals surface area contributed by atoms with Crippen LogP contribution in [0.1, 0.15) is 101 Å². The minimum absolute atomic E-state index is 0.00119. The molecule has 4 N–H and O–H groups in total. The van der Waals surface area contributed by atoms with Crippen molar-refractivity contribution >= 4 is 29.5 Å². The summed E-state index contributed by atoms with van der Waals surface area (Å²) in [6.07, 6.45) is 5.31. The first kappa shape index (κ1) is 33.7. The summed E-state index contributed by atoms with van der Waals surface area (Å²) in [6, 6.07) is 0. The summed E-state index contributed by atoms with van der Waals surface area (Å²) in [4.78, 5) is 36.8. The Morgan fingerprint density at radius 3 is 1.89 bits per heavy atom. The lowest BCUT2D eigenvalue weighted by Gasteiger charge is -2.45. The molecule has 0 heterocycles. The molecule has 37 heavy (non-hydrogen) atoms. The van der Waals surface area contributed by atoms with Crippen LogP contribution in [0.4, 0.5) is 0 Å². The van der Waals surface area contributed by atoms with E-state index in [2.05, 4.69) is 62.8 Å². The van der Waals surface area contributed by atoms with Gasteiger partial charge in [-0.3, -0.25) is 14.4 Å². The summed E-state index contributed by atoms with van der Waals surface area (Å²) in [6.45, 7) is 21.6. The largest absolute Gasteiger partial charge is 0.355 e. The van der Waals surface area contributed by atoms with E-state index in [-0.39, 0.29) is 45.4 Å². The number of carbonyl (C=O) groups is 3. The SMILES string of the molecule is C[C@H](C(=O)NCCNC(C)(C)C)C1(C)CCC(C)(CSCCC(=O)NCCNC(=O)CC(C)(C)C)CC1. The predicted molar refractivity (Wildman–Crippen MR) is 157 cm³/mol. The molecule has 7 nitrogen and oxygen atoms in total. The van der Waals surface area contributed by atoms with Crippen LogP contribution in [0.3, 0.4) is 0 Å². The van der Waals surface area contributed by atoms with Crippen molar-refractivity contribution in [2.45, 2.75) is 106 Å². The number of carbonyl (C=O) groups excluding carboxylic acids is 3. The fourth-order valence-corrected chi connectivity index (χ4v) is 5.87. The van der Waals surface area contributed by atoms with Crippen LogP contribution in [0.2, 0.25) is 0 Å². The molecular formula is C29H56N4O3S. The van der Waals surface area contributed by atoms with Gasteiger partial charge in [-0.1, -0.05) is 41.5 Å². The van der Waals surface area contributed by atoms with E-state index in [1.54, 1.807) is 0 Å². The topological polar surface area (TPSA) is 99.3 Å². The van der Waals surface area contributed by atoms with Gasteiger partial charge in [0.25, 0.3) is 0 Å². The fourth-order valence-electron chi connectivity index (χ4n) is 4.61. The molecule has 8 heteroatoms. The van der Waals surface area contributed by atoms with Gasteiger partial charge < -0.3 is 21.3 Å². The lowest BCUT2D eigenvalue weighted by Crippen LogP contribution is -2.46. The number of rotatable bonds is 14. The Kier molecular flexibility index (Phi) is 13.5. The molecule has 1 rings (SSSR count). The Morgan fingerprint density at radius 1 is 0.811 bits per heavy atom. The average molecular weight is 541 g/mol. The lowest BCUT2D eigenvalue weighted by atomic mass is 9.61. The summed E-state index contributed by atoms with van der Waals surface area (Å²) >= 11 is 1.85. The van der Waals surface area contributed by atoms with Crippen LogP contribution in [-0.4, -0.2) is 60.9 Å². The van der Waals surface area contributed by atoms with Crippen LogP contribution in [0.5, 0.6) is 0 Å². The molecule has 0 spiro atoms. The van der Waals surface area contributed by atoms with Gasteiger partial charge in [0.15, 0.2) is 0 Å². The van der Waals surface area contributed by atoms with E-state index in [1.165, 1.54) is 0 Å². The van der Waals surface area contributed by atoms with E-state index >= 15 is 0 Å². The van der Waals surface area contributed by atoms with Crippen LogP contribution >= 0.6 is 11.8 Å². The first-order valence-electron chi connectivity index (χ1n) is 14.1. The second-order valence-electron chi connectivity index (χ2n) is 13.9. The Balaban J connectivity index is 2.25. The third kappa shape index (κ3) is 14.4. The molecule has 1 aliphatic carbocycles. The highest BCUT2D eigenvalue weighted by Gasteiger charge is 2.42. The third-order valence-corrected chi connectivity index (χ3v) is 8.90. The maximum Gasteiger partial charge on any atom is 0.223 e. The minimum Gasteiger partial charge on any atom is -0.355 e. The van der Waals surface area contributed by atoms with Crippen molar-refractivity contribution in [3.63, 3.8) is 0 Å². The molecule has 216 valence electrons. The van der Waals surface area contributed by atoms with E-state index in [0.29, 0.717) is 32.5 Å². The highest BCUT2D eigenvalue weighted by atomic mass is 32.2. The summed E-state index contributed by atoms with van der Waals surface area (Å²) < 4.78 is 0. The molecule has 1 fully saturated rings. The molecule has 0 aromatic carbocycles. The summed E-state index contributed by atoms with van der Waals surface area (Å²) in [5, 5.41) is 12.3. The normalized spacial score (nSPS) is 23.3. The number of hydrogen-bond acceptors (Lipinski definition) is 5. The Hall–Kier alpha value is -1.28. The zero-order valence-electron chi connectivity index (χ0n) is 25.2. The number of thioether (sulfide) groups is 1. The fraction of sp³-hybridized carbons (Fsp3) is 0.897. The van der Waals surface area contributed by atoms with Gasteiger partial charge in [0, 0.05) is 56.2 Å². The molecule has 1 atom stereocenters. The second kappa shape index (κ2) is 14.8. The smallest absolute Gasteiger partial charge is 0.223 e. The minimum atomic E-state index is -0.0330. The first-order chi connectivity index (χ1) is 16.9. The lowest BCUT2D eigenvalue weighted by molar-refractivity contribution is -0.129. The molecule has 0 bridgehead atoms. The van der Waals surface area contributed by atoms with Crippen molar-refractivity contribution in [1.82, 2.24) is 21.3 Å². The van der Waals surface area contributed by atoms with Gasteiger partial charge in [-0.2, -0.15) is 11.8 Å². The van der Waals surface area contributed by atoms with Crippen LogP contribution in [0.15, 0.2) is 0 Å². The van der Waals surface area contributed by atoms with Crippen LogP contribution in [-0.2, 0) is 14.4 Å². The van der Waals surface area contributed by atoms with Gasteiger partial charge >= 0.3 is 0 Å². The summed E-state index contributed by atoms with van der Waals surface area (Å²) in [5.41, 5.74) is 0.316. The Labute approximate surface area is 231 Å². The zero-order chi connectivity index (χ0) is 28.3. The molecule has 0 aromatic heterocycles. The van der Waals surface area contributed by atoms with Crippen molar-refractivity contribution in [2.24, 2.45) is 22.2 Å². The van der Waals surface area contributed by atoms with E-state index in [9.17, 15) is 14.4 Å². The van der Waals surface area contributed by atoms with Crippen molar-refractivity contribution in [3.05, 3.63) is 0 Å². The molecule has 1 aliphatic rings. The molecule has 1 saturated carbocycles. The van der Waals surface area contributed by atoms with E-state index < -0.39 is 0 Å². The van der Waals surface area contributed by atoms with Gasteiger partial charge in [-0.15, -0.1) is 0 Å². The number of nitrogens with one attached hydrogen (secondary N) is 4. The number of amides is 3.